The van der Waals surface area contributed by atoms with Crippen LogP contribution in [0.25, 0.3) is 0 Å². The van der Waals surface area contributed by atoms with Crippen LogP contribution in [-0.2, 0) is 10.0 Å². The highest BCUT2D eigenvalue weighted by atomic mass is 35.5. The minimum absolute atomic E-state index is 0. The monoisotopic (exact) mass is 370 g/mol. The molecule has 0 saturated carbocycles. The van der Waals surface area contributed by atoms with Crippen molar-refractivity contribution in [2.75, 3.05) is 26.2 Å². The fourth-order valence-electron chi connectivity index (χ4n) is 2.12. The van der Waals surface area contributed by atoms with Crippen LogP contribution >= 0.6 is 23.7 Å². The Morgan fingerprint density at radius 1 is 1.18 bits per heavy atom. The summed E-state index contributed by atoms with van der Waals surface area (Å²) in [5, 5.41) is 21.3. The highest BCUT2D eigenvalue weighted by Crippen LogP contribution is 2.34. The van der Waals surface area contributed by atoms with Gasteiger partial charge in [-0.05, 0) is 12.5 Å². The molecule has 0 amide bonds. The number of hydrogen-bond acceptors (Lipinski definition) is 6. The number of nitrogens with zero attached hydrogens (tertiary/aromatic N) is 1. The summed E-state index contributed by atoms with van der Waals surface area (Å²) >= 11 is 0.493. The quantitative estimate of drug-likeness (QED) is 0.703. The van der Waals surface area contributed by atoms with Gasteiger partial charge in [-0.25, -0.2) is 18.0 Å². The van der Waals surface area contributed by atoms with Gasteiger partial charge in [-0.15, -0.1) is 23.7 Å². The standard InChI is InChI=1S/C11H14N2O6S2.ClH/c1-6-7(9(14)15)11(20-8(6)10(16)17)21(18,19)13-4-2-12-3-5-13;/h12H,2-5H2,1H3,(H,14,15)(H,16,17);1H. The van der Waals surface area contributed by atoms with E-state index >= 15 is 0 Å². The fraction of sp³-hybridized carbons (Fsp3) is 0.455. The van der Waals surface area contributed by atoms with E-state index in [0.717, 1.165) is 0 Å². The number of carbonyl (C=O) groups is 2. The lowest BCUT2D eigenvalue weighted by Gasteiger charge is -2.26. The molecule has 8 nitrogen and oxygen atoms in total. The summed E-state index contributed by atoms with van der Waals surface area (Å²) < 4.78 is 25.9. The van der Waals surface area contributed by atoms with Crippen LogP contribution < -0.4 is 5.32 Å². The van der Waals surface area contributed by atoms with Crippen molar-refractivity contribution in [2.24, 2.45) is 0 Å². The Kier molecular flexibility index (Phi) is 5.93. The second-order valence-electron chi connectivity index (χ2n) is 4.48. The first-order valence-electron chi connectivity index (χ1n) is 6.07. The number of rotatable bonds is 4. The predicted molar refractivity (Wildman–Crippen MR) is 81.9 cm³/mol. The Morgan fingerprint density at radius 2 is 1.73 bits per heavy atom. The lowest BCUT2D eigenvalue weighted by Crippen LogP contribution is -2.46. The van der Waals surface area contributed by atoms with E-state index in [0.29, 0.717) is 24.4 Å². The van der Waals surface area contributed by atoms with Gasteiger partial charge in [0.25, 0.3) is 10.0 Å². The average Bonchev–Trinajstić information content (AvgIpc) is 2.78. The summed E-state index contributed by atoms with van der Waals surface area (Å²) in [6.07, 6.45) is 0. The van der Waals surface area contributed by atoms with Crippen molar-refractivity contribution in [2.45, 2.75) is 11.1 Å². The maximum atomic E-state index is 12.6. The summed E-state index contributed by atoms with van der Waals surface area (Å²) in [6, 6.07) is 0. The molecule has 1 aromatic heterocycles. The molecular weight excluding hydrogens is 356 g/mol. The largest absolute Gasteiger partial charge is 0.478 e. The van der Waals surface area contributed by atoms with Gasteiger partial charge in [0.05, 0.1) is 5.56 Å². The number of sulfonamides is 1. The van der Waals surface area contributed by atoms with Gasteiger partial charge in [-0.2, -0.15) is 4.31 Å². The lowest BCUT2D eigenvalue weighted by atomic mass is 10.2. The molecule has 0 unspecified atom stereocenters. The maximum absolute atomic E-state index is 12.6. The summed E-state index contributed by atoms with van der Waals surface area (Å²) in [7, 11) is -4.01. The zero-order valence-corrected chi connectivity index (χ0v) is 14.0. The molecule has 0 aromatic carbocycles. The molecule has 0 aliphatic carbocycles. The van der Waals surface area contributed by atoms with E-state index in [1.807, 2.05) is 0 Å². The number of thiophene rings is 1. The molecular formula is C11H15ClN2O6S2. The Labute approximate surface area is 137 Å². The third-order valence-electron chi connectivity index (χ3n) is 3.17. The summed E-state index contributed by atoms with van der Waals surface area (Å²) in [6.45, 7) is 2.69. The van der Waals surface area contributed by atoms with Crippen LogP contribution in [0.1, 0.15) is 25.6 Å². The van der Waals surface area contributed by atoms with Crippen LogP contribution in [0.3, 0.4) is 0 Å². The highest BCUT2D eigenvalue weighted by Gasteiger charge is 2.35. The van der Waals surface area contributed by atoms with Crippen molar-refractivity contribution in [1.29, 1.82) is 0 Å². The first-order valence-corrected chi connectivity index (χ1v) is 8.33. The van der Waals surface area contributed by atoms with Crippen LogP contribution in [-0.4, -0.2) is 61.1 Å². The van der Waals surface area contributed by atoms with E-state index in [4.69, 9.17) is 5.11 Å². The Balaban J connectivity index is 0.00000242. The van der Waals surface area contributed by atoms with E-state index in [9.17, 15) is 23.1 Å². The van der Waals surface area contributed by atoms with Crippen LogP contribution in [0.2, 0.25) is 0 Å². The SMILES string of the molecule is Cc1c(C(=O)O)sc(S(=O)(=O)N2CCNCC2)c1C(=O)O.Cl. The summed E-state index contributed by atoms with van der Waals surface area (Å²) in [4.78, 5) is 22.2. The van der Waals surface area contributed by atoms with Crippen molar-refractivity contribution in [3.8, 4) is 0 Å². The lowest BCUT2D eigenvalue weighted by molar-refractivity contribution is 0.0692. The van der Waals surface area contributed by atoms with Gasteiger partial charge in [-0.3, -0.25) is 0 Å². The van der Waals surface area contributed by atoms with Crippen LogP contribution in [0, 0.1) is 6.92 Å². The third-order valence-corrected chi connectivity index (χ3v) is 6.85. The molecule has 0 atom stereocenters. The van der Waals surface area contributed by atoms with E-state index < -0.39 is 31.7 Å². The van der Waals surface area contributed by atoms with E-state index in [2.05, 4.69) is 5.32 Å². The van der Waals surface area contributed by atoms with Crippen molar-refractivity contribution in [1.82, 2.24) is 9.62 Å². The van der Waals surface area contributed by atoms with Gasteiger partial charge in [0.1, 0.15) is 4.88 Å². The molecule has 1 saturated heterocycles. The maximum Gasteiger partial charge on any atom is 0.346 e. The van der Waals surface area contributed by atoms with Gasteiger partial charge in [0.15, 0.2) is 4.21 Å². The molecule has 1 fully saturated rings. The normalized spacial score (nSPS) is 16.0. The van der Waals surface area contributed by atoms with E-state index in [1.165, 1.54) is 11.2 Å². The molecule has 0 spiro atoms. The van der Waals surface area contributed by atoms with Gasteiger partial charge in [0.2, 0.25) is 0 Å². The fourth-order valence-corrected chi connectivity index (χ4v) is 5.38. The van der Waals surface area contributed by atoms with Crippen molar-refractivity contribution in [3.63, 3.8) is 0 Å². The first kappa shape index (κ1) is 18.8. The molecule has 22 heavy (non-hydrogen) atoms. The molecule has 1 aliphatic rings. The minimum Gasteiger partial charge on any atom is -0.478 e. The predicted octanol–water partition coefficient (Wildman–Crippen LogP) is 0.469. The van der Waals surface area contributed by atoms with Gasteiger partial charge in [-0.1, -0.05) is 0 Å². The summed E-state index contributed by atoms with van der Waals surface area (Å²) in [5.74, 6) is -2.77. The zero-order valence-electron chi connectivity index (χ0n) is 11.5. The van der Waals surface area contributed by atoms with Crippen molar-refractivity contribution in [3.05, 3.63) is 16.0 Å². The first-order chi connectivity index (χ1) is 9.76. The Bertz CT molecular complexity index is 694. The molecule has 2 rings (SSSR count). The molecule has 0 bridgehead atoms. The van der Waals surface area contributed by atoms with Crippen LogP contribution in [0.5, 0.6) is 0 Å². The van der Waals surface area contributed by atoms with E-state index in [-0.39, 0.29) is 35.9 Å². The van der Waals surface area contributed by atoms with Crippen molar-refractivity contribution >= 4 is 45.7 Å². The Morgan fingerprint density at radius 3 is 2.18 bits per heavy atom. The van der Waals surface area contributed by atoms with Gasteiger partial charge >= 0.3 is 11.9 Å². The molecule has 3 N–H and O–H groups in total. The Hall–Kier alpha value is -1.20. The molecule has 1 aliphatic heterocycles. The second kappa shape index (κ2) is 6.92. The molecule has 2 heterocycles. The number of carboxylic acid groups (broad SMARTS) is 2. The van der Waals surface area contributed by atoms with Crippen molar-refractivity contribution < 1.29 is 28.2 Å². The molecule has 0 radical (unpaired) electrons. The topological polar surface area (TPSA) is 124 Å². The number of hydrogen-bond donors (Lipinski definition) is 3. The zero-order chi connectivity index (χ0) is 15.8. The number of piperazine rings is 1. The van der Waals surface area contributed by atoms with Crippen LogP contribution in [0.15, 0.2) is 4.21 Å². The molecule has 124 valence electrons. The smallest absolute Gasteiger partial charge is 0.346 e. The summed E-state index contributed by atoms with van der Waals surface area (Å²) in [5.41, 5.74) is -0.482. The number of carboxylic acids is 2. The average molecular weight is 371 g/mol. The van der Waals surface area contributed by atoms with Gasteiger partial charge in [0, 0.05) is 26.2 Å². The number of aromatic carboxylic acids is 2. The number of nitrogens with one attached hydrogen (secondary N) is 1. The highest BCUT2D eigenvalue weighted by molar-refractivity contribution is 7.91. The second-order valence-corrected chi connectivity index (χ2v) is 7.64. The molecule has 11 heteroatoms. The van der Waals surface area contributed by atoms with Crippen LogP contribution in [0.4, 0.5) is 0 Å². The molecule has 1 aromatic rings. The van der Waals surface area contributed by atoms with E-state index in [1.54, 1.807) is 0 Å². The minimum atomic E-state index is -4.01. The van der Waals surface area contributed by atoms with Gasteiger partial charge < -0.3 is 15.5 Å². The number of halogens is 1. The third kappa shape index (κ3) is 3.25.